The highest BCUT2D eigenvalue weighted by molar-refractivity contribution is 6.62. The van der Waals surface area contributed by atoms with E-state index in [4.69, 9.17) is 9.31 Å². The minimum absolute atomic E-state index is 0.135. The number of nitrogens with zero attached hydrogens (tertiary/aromatic N) is 1. The zero-order valence-electron chi connectivity index (χ0n) is 25.2. The molecule has 0 spiro atoms. The first-order chi connectivity index (χ1) is 18.8. The topological polar surface area (TPSA) is 23.4 Å². The quantitative estimate of drug-likeness (QED) is 0.214. The van der Waals surface area contributed by atoms with Crippen molar-refractivity contribution in [1.29, 1.82) is 0 Å². The molecule has 0 amide bonds. The van der Waals surface area contributed by atoms with Gasteiger partial charge in [-0.2, -0.15) is 0 Å². The van der Waals surface area contributed by atoms with E-state index in [1.54, 1.807) is 0 Å². The molecular formula is C36H40BNO2. The van der Waals surface area contributed by atoms with Gasteiger partial charge in [-0.25, -0.2) is 0 Å². The maximum Gasteiger partial charge on any atom is 0.494 e. The lowest BCUT2D eigenvalue weighted by molar-refractivity contribution is 0.00578. The second-order valence-electron chi connectivity index (χ2n) is 14.4. The van der Waals surface area contributed by atoms with Crippen LogP contribution >= 0.6 is 0 Å². The minimum Gasteiger partial charge on any atom is -0.399 e. The standard InChI is InChI=1S/C36H40BNO2/c1-33(2)16-17-34(3,4)30-22-32-28(21-29(30)33)27-18-23-12-9-10-13-24(23)19-31(27)38(32)26-15-11-14-25(20-26)37-39-35(5,6)36(7,8)40-37/h9-15,18-22H,16-17H2,1-8H3. The SMILES string of the molecule is CC1(C)CCC(C)(C)c2cc3c(cc21)c1cc2ccccc2cc1n3-c1cccc(B2OC(C)(C)C(C)(C)O2)c1. The number of rotatable bonds is 2. The minimum atomic E-state index is -0.397. The zero-order valence-corrected chi connectivity index (χ0v) is 25.2. The van der Waals surface area contributed by atoms with E-state index in [0.717, 1.165) is 11.2 Å². The Balaban J connectivity index is 1.52. The third-order valence-corrected chi connectivity index (χ3v) is 10.3. The zero-order chi connectivity index (χ0) is 28.2. The molecule has 40 heavy (non-hydrogen) atoms. The van der Waals surface area contributed by atoms with Crippen molar-refractivity contribution in [3.63, 3.8) is 0 Å². The van der Waals surface area contributed by atoms with E-state index >= 15 is 0 Å². The first-order valence-electron chi connectivity index (χ1n) is 14.8. The number of fused-ring (bicyclic) bond motifs is 5. The highest BCUT2D eigenvalue weighted by Gasteiger charge is 2.51. The summed E-state index contributed by atoms with van der Waals surface area (Å²) in [5, 5.41) is 5.16. The van der Waals surface area contributed by atoms with Crippen LogP contribution in [0.1, 0.15) is 79.4 Å². The van der Waals surface area contributed by atoms with Crippen molar-refractivity contribution in [1.82, 2.24) is 4.57 Å². The Kier molecular flexibility index (Phi) is 5.33. The van der Waals surface area contributed by atoms with Gasteiger partial charge in [0.25, 0.3) is 0 Å². The molecule has 0 N–H and O–H groups in total. The number of hydrogen-bond donors (Lipinski definition) is 0. The molecule has 0 saturated carbocycles. The summed E-state index contributed by atoms with van der Waals surface area (Å²) in [6.07, 6.45) is 2.40. The van der Waals surface area contributed by atoms with Crippen LogP contribution in [-0.2, 0) is 20.1 Å². The van der Waals surface area contributed by atoms with E-state index in [1.165, 1.54) is 56.5 Å². The Labute approximate surface area is 238 Å². The second kappa shape index (κ2) is 8.24. The monoisotopic (exact) mass is 529 g/mol. The van der Waals surface area contributed by atoms with Gasteiger partial charge in [0, 0.05) is 16.5 Å². The summed E-state index contributed by atoms with van der Waals surface area (Å²) in [6, 6.07) is 27.2. The molecule has 0 unspecified atom stereocenters. The van der Waals surface area contributed by atoms with Gasteiger partial charge in [-0.05, 0) is 115 Å². The van der Waals surface area contributed by atoms with E-state index < -0.39 is 7.12 Å². The first kappa shape index (κ1) is 25.9. The molecule has 3 nitrogen and oxygen atoms in total. The van der Waals surface area contributed by atoms with E-state index in [0.29, 0.717) is 0 Å². The molecule has 1 fully saturated rings. The van der Waals surface area contributed by atoms with Crippen LogP contribution in [0.15, 0.2) is 72.8 Å². The van der Waals surface area contributed by atoms with E-state index in [1.807, 2.05) is 0 Å². The fourth-order valence-electron chi connectivity index (χ4n) is 6.83. The van der Waals surface area contributed by atoms with Gasteiger partial charge in [0.1, 0.15) is 0 Å². The molecule has 1 aliphatic carbocycles. The lowest BCUT2D eigenvalue weighted by Crippen LogP contribution is -2.41. The molecule has 1 saturated heterocycles. The summed E-state index contributed by atoms with van der Waals surface area (Å²) in [4.78, 5) is 0. The summed E-state index contributed by atoms with van der Waals surface area (Å²) in [5.41, 5.74) is 7.19. The molecule has 1 aromatic heterocycles. The molecule has 5 aromatic rings. The van der Waals surface area contributed by atoms with Gasteiger partial charge in [-0.15, -0.1) is 0 Å². The van der Waals surface area contributed by atoms with Gasteiger partial charge in [0.2, 0.25) is 0 Å². The Bertz CT molecular complexity index is 1810. The summed E-state index contributed by atoms with van der Waals surface area (Å²) in [7, 11) is -0.397. The molecule has 7 rings (SSSR count). The van der Waals surface area contributed by atoms with Crippen molar-refractivity contribution in [2.75, 3.05) is 0 Å². The third kappa shape index (κ3) is 3.72. The molecular weight excluding hydrogens is 489 g/mol. The van der Waals surface area contributed by atoms with Gasteiger partial charge >= 0.3 is 7.12 Å². The summed E-state index contributed by atoms with van der Waals surface area (Å²) < 4.78 is 15.4. The molecule has 0 bridgehead atoms. The van der Waals surface area contributed by atoms with E-state index in [9.17, 15) is 0 Å². The molecule has 204 valence electrons. The van der Waals surface area contributed by atoms with Crippen molar-refractivity contribution in [3.8, 4) is 5.69 Å². The fraction of sp³-hybridized carbons (Fsp3) is 0.389. The van der Waals surface area contributed by atoms with Crippen LogP contribution in [0.25, 0.3) is 38.3 Å². The maximum absolute atomic E-state index is 6.45. The predicted molar refractivity (Wildman–Crippen MR) is 169 cm³/mol. The van der Waals surface area contributed by atoms with E-state index in [2.05, 4.69) is 133 Å². The predicted octanol–water partition coefficient (Wildman–Crippen LogP) is 8.59. The molecule has 0 atom stereocenters. The molecule has 4 aromatic carbocycles. The fourth-order valence-corrected chi connectivity index (χ4v) is 6.83. The van der Waals surface area contributed by atoms with Crippen molar-refractivity contribution in [2.45, 2.75) is 90.3 Å². The Morgan fingerprint density at radius 1 is 0.600 bits per heavy atom. The number of hydrogen-bond acceptors (Lipinski definition) is 2. The van der Waals surface area contributed by atoms with Gasteiger partial charge in [-0.1, -0.05) is 64.1 Å². The van der Waals surface area contributed by atoms with Gasteiger partial charge in [-0.3, -0.25) is 0 Å². The highest BCUT2D eigenvalue weighted by Crippen LogP contribution is 2.48. The number of aromatic nitrogens is 1. The lowest BCUT2D eigenvalue weighted by Gasteiger charge is -2.42. The van der Waals surface area contributed by atoms with Crippen molar-refractivity contribution >= 4 is 45.2 Å². The van der Waals surface area contributed by atoms with Crippen LogP contribution in [0.3, 0.4) is 0 Å². The van der Waals surface area contributed by atoms with Gasteiger partial charge in [0.15, 0.2) is 0 Å². The van der Waals surface area contributed by atoms with Gasteiger partial charge in [0.05, 0.1) is 22.2 Å². The smallest absolute Gasteiger partial charge is 0.399 e. The van der Waals surface area contributed by atoms with Crippen molar-refractivity contribution < 1.29 is 9.31 Å². The summed E-state index contributed by atoms with van der Waals surface area (Å²) in [6.45, 7) is 18.1. The van der Waals surface area contributed by atoms with Gasteiger partial charge < -0.3 is 13.9 Å². The van der Waals surface area contributed by atoms with Crippen LogP contribution in [0.2, 0.25) is 0 Å². The number of benzene rings is 4. The van der Waals surface area contributed by atoms with E-state index in [-0.39, 0.29) is 22.0 Å². The summed E-state index contributed by atoms with van der Waals surface area (Å²) in [5.74, 6) is 0. The Morgan fingerprint density at radius 2 is 1.15 bits per heavy atom. The van der Waals surface area contributed by atoms with Crippen molar-refractivity contribution in [3.05, 3.63) is 83.9 Å². The maximum atomic E-state index is 6.45. The van der Waals surface area contributed by atoms with Crippen LogP contribution in [0.5, 0.6) is 0 Å². The summed E-state index contributed by atoms with van der Waals surface area (Å²) >= 11 is 0. The first-order valence-corrected chi connectivity index (χ1v) is 14.8. The van der Waals surface area contributed by atoms with Crippen LogP contribution in [-0.4, -0.2) is 22.9 Å². The molecule has 1 aliphatic heterocycles. The third-order valence-electron chi connectivity index (χ3n) is 10.3. The average molecular weight is 530 g/mol. The van der Waals surface area contributed by atoms with Crippen molar-refractivity contribution in [2.24, 2.45) is 0 Å². The Hall–Kier alpha value is -3.08. The molecule has 0 radical (unpaired) electrons. The lowest BCUT2D eigenvalue weighted by atomic mass is 9.63. The molecule has 4 heteroatoms. The normalized spacial score (nSPS) is 20.9. The van der Waals surface area contributed by atoms with Crippen LogP contribution in [0, 0.1) is 0 Å². The molecule has 2 heterocycles. The largest absolute Gasteiger partial charge is 0.494 e. The Morgan fingerprint density at radius 3 is 1.80 bits per heavy atom. The van der Waals surface area contributed by atoms with Crippen LogP contribution in [0.4, 0.5) is 0 Å². The average Bonchev–Trinajstić information content (AvgIpc) is 3.33. The highest BCUT2D eigenvalue weighted by atomic mass is 16.7. The molecule has 2 aliphatic rings. The second-order valence-corrected chi connectivity index (χ2v) is 14.4. The van der Waals surface area contributed by atoms with Crippen LogP contribution < -0.4 is 5.46 Å².